The molecule has 110 valence electrons. The molecule has 0 bridgehead atoms. The average molecular weight is 359 g/mol. The molecule has 0 aliphatic rings. The fourth-order valence-corrected chi connectivity index (χ4v) is 3.89. The van der Waals surface area contributed by atoms with Gasteiger partial charge in [0.05, 0.1) is 33.9 Å². The van der Waals surface area contributed by atoms with Gasteiger partial charge in [0.25, 0.3) is 0 Å². The maximum atomic E-state index is 5.73. The van der Waals surface area contributed by atoms with Crippen molar-refractivity contribution in [2.24, 2.45) is 12.9 Å². The van der Waals surface area contributed by atoms with E-state index < -0.39 is 0 Å². The van der Waals surface area contributed by atoms with E-state index in [1.165, 1.54) is 0 Å². The SMILES string of the molecule is CCc1nn(C)c(CC(NN)c2sccc2OC)c1Br. The number of hydrogen-bond acceptors (Lipinski definition) is 5. The van der Waals surface area contributed by atoms with Crippen LogP contribution in [0, 0.1) is 0 Å². The smallest absolute Gasteiger partial charge is 0.134 e. The molecule has 0 spiro atoms. The molecular formula is C13H19BrN4OS. The minimum absolute atomic E-state index is 0.00126. The molecule has 0 fully saturated rings. The summed E-state index contributed by atoms with van der Waals surface area (Å²) in [5.74, 6) is 6.60. The number of aromatic nitrogens is 2. The summed E-state index contributed by atoms with van der Waals surface area (Å²) in [6.45, 7) is 2.10. The van der Waals surface area contributed by atoms with Crippen molar-refractivity contribution in [1.29, 1.82) is 0 Å². The number of nitrogens with zero attached hydrogens (tertiary/aromatic N) is 2. The molecule has 2 aromatic heterocycles. The minimum atomic E-state index is 0.00126. The van der Waals surface area contributed by atoms with E-state index in [0.29, 0.717) is 0 Å². The van der Waals surface area contributed by atoms with Gasteiger partial charge >= 0.3 is 0 Å². The highest BCUT2D eigenvalue weighted by Crippen LogP contribution is 2.34. The summed E-state index contributed by atoms with van der Waals surface area (Å²) in [7, 11) is 3.63. The Kier molecular flexibility index (Phi) is 5.20. The van der Waals surface area contributed by atoms with Gasteiger partial charge in [0, 0.05) is 13.5 Å². The Hall–Kier alpha value is -0.890. The summed E-state index contributed by atoms with van der Waals surface area (Å²) in [4.78, 5) is 1.10. The summed E-state index contributed by atoms with van der Waals surface area (Å²) in [5, 5.41) is 6.52. The molecule has 0 saturated heterocycles. The number of nitrogens with two attached hydrogens (primary N) is 1. The molecule has 2 rings (SSSR count). The summed E-state index contributed by atoms with van der Waals surface area (Å²) in [6, 6.07) is 1.96. The first-order valence-electron chi connectivity index (χ1n) is 6.40. The molecule has 2 aromatic rings. The largest absolute Gasteiger partial charge is 0.496 e. The first kappa shape index (κ1) is 15.5. The van der Waals surface area contributed by atoms with Crippen LogP contribution in [0.4, 0.5) is 0 Å². The molecule has 1 unspecified atom stereocenters. The first-order chi connectivity index (χ1) is 9.62. The fraction of sp³-hybridized carbons (Fsp3) is 0.462. The zero-order valence-electron chi connectivity index (χ0n) is 11.8. The first-order valence-corrected chi connectivity index (χ1v) is 8.07. The van der Waals surface area contributed by atoms with Crippen LogP contribution in [0.3, 0.4) is 0 Å². The van der Waals surface area contributed by atoms with Crippen molar-refractivity contribution in [3.05, 3.63) is 32.2 Å². The third kappa shape index (κ3) is 2.90. The number of aryl methyl sites for hydroxylation is 2. The van der Waals surface area contributed by atoms with E-state index >= 15 is 0 Å². The molecule has 0 radical (unpaired) electrons. The van der Waals surface area contributed by atoms with Gasteiger partial charge in [-0.15, -0.1) is 11.3 Å². The van der Waals surface area contributed by atoms with Crippen molar-refractivity contribution in [3.63, 3.8) is 0 Å². The molecule has 7 heteroatoms. The number of methoxy groups -OCH3 is 1. The maximum Gasteiger partial charge on any atom is 0.134 e. The average Bonchev–Trinajstić information content (AvgIpc) is 3.02. The highest BCUT2D eigenvalue weighted by molar-refractivity contribution is 9.10. The van der Waals surface area contributed by atoms with Gasteiger partial charge in [-0.2, -0.15) is 5.10 Å². The summed E-state index contributed by atoms with van der Waals surface area (Å²) in [6.07, 6.45) is 1.65. The summed E-state index contributed by atoms with van der Waals surface area (Å²) < 4.78 is 8.35. The number of halogens is 1. The molecule has 3 N–H and O–H groups in total. The molecule has 2 heterocycles. The molecule has 0 saturated carbocycles. The lowest BCUT2D eigenvalue weighted by atomic mass is 10.1. The van der Waals surface area contributed by atoms with Crippen LogP contribution >= 0.6 is 27.3 Å². The van der Waals surface area contributed by atoms with Crippen LogP contribution in [-0.2, 0) is 19.9 Å². The van der Waals surface area contributed by atoms with E-state index in [9.17, 15) is 0 Å². The second-order valence-corrected chi connectivity index (χ2v) is 6.20. The van der Waals surface area contributed by atoms with E-state index in [0.717, 1.165) is 39.3 Å². The predicted molar refractivity (Wildman–Crippen MR) is 84.9 cm³/mol. The third-order valence-corrected chi connectivity index (χ3v) is 5.22. The topological polar surface area (TPSA) is 65.1 Å². The Labute approximate surface area is 131 Å². The fourth-order valence-electron chi connectivity index (χ4n) is 2.19. The van der Waals surface area contributed by atoms with Gasteiger partial charge in [-0.3, -0.25) is 16.0 Å². The minimum Gasteiger partial charge on any atom is -0.496 e. The lowest BCUT2D eigenvalue weighted by Gasteiger charge is -2.16. The number of hydrogen-bond donors (Lipinski definition) is 2. The Morgan fingerprint density at radius 1 is 1.60 bits per heavy atom. The second kappa shape index (κ2) is 6.71. The Balaban J connectivity index is 2.29. The van der Waals surface area contributed by atoms with Crippen LogP contribution in [-0.4, -0.2) is 16.9 Å². The second-order valence-electron chi connectivity index (χ2n) is 4.46. The summed E-state index contributed by atoms with van der Waals surface area (Å²) >= 11 is 5.28. The van der Waals surface area contributed by atoms with E-state index in [-0.39, 0.29) is 6.04 Å². The standard InChI is InChI=1S/C13H19BrN4OS/c1-4-8-12(14)10(18(2)17-8)7-9(16-15)13-11(19-3)5-6-20-13/h5-6,9,16H,4,7,15H2,1-3H3. The zero-order valence-corrected chi connectivity index (χ0v) is 14.2. The van der Waals surface area contributed by atoms with Crippen molar-refractivity contribution < 1.29 is 4.74 Å². The van der Waals surface area contributed by atoms with E-state index in [1.807, 2.05) is 23.2 Å². The van der Waals surface area contributed by atoms with Crippen molar-refractivity contribution in [2.45, 2.75) is 25.8 Å². The molecule has 0 aromatic carbocycles. The van der Waals surface area contributed by atoms with Crippen molar-refractivity contribution in [2.75, 3.05) is 7.11 Å². The molecule has 0 amide bonds. The number of thiophene rings is 1. The van der Waals surface area contributed by atoms with Gasteiger partial charge in [0.15, 0.2) is 0 Å². The number of hydrazine groups is 1. The quantitative estimate of drug-likeness (QED) is 0.615. The summed E-state index contributed by atoms with van der Waals surface area (Å²) in [5.41, 5.74) is 5.07. The highest BCUT2D eigenvalue weighted by atomic mass is 79.9. The van der Waals surface area contributed by atoms with Gasteiger partial charge in [-0.1, -0.05) is 6.92 Å². The van der Waals surface area contributed by atoms with Gasteiger partial charge in [-0.05, 0) is 33.8 Å². The van der Waals surface area contributed by atoms with Gasteiger partial charge in [-0.25, -0.2) is 0 Å². The Morgan fingerprint density at radius 3 is 2.90 bits per heavy atom. The molecule has 0 aliphatic heterocycles. The zero-order chi connectivity index (χ0) is 14.7. The number of nitrogens with one attached hydrogen (secondary N) is 1. The van der Waals surface area contributed by atoms with Crippen LogP contribution in [0.15, 0.2) is 15.9 Å². The van der Waals surface area contributed by atoms with Crippen LogP contribution in [0.25, 0.3) is 0 Å². The maximum absolute atomic E-state index is 5.73. The van der Waals surface area contributed by atoms with E-state index in [4.69, 9.17) is 10.6 Å². The number of ether oxygens (including phenoxy) is 1. The van der Waals surface area contributed by atoms with Gasteiger partial charge in [0.2, 0.25) is 0 Å². The van der Waals surface area contributed by atoms with Crippen LogP contribution in [0.5, 0.6) is 5.75 Å². The molecule has 1 atom stereocenters. The van der Waals surface area contributed by atoms with Crippen LogP contribution in [0.2, 0.25) is 0 Å². The monoisotopic (exact) mass is 358 g/mol. The molecule has 0 aliphatic carbocycles. The van der Waals surface area contributed by atoms with E-state index in [2.05, 4.69) is 33.4 Å². The Morgan fingerprint density at radius 2 is 2.35 bits per heavy atom. The lowest BCUT2D eigenvalue weighted by Crippen LogP contribution is -2.29. The van der Waals surface area contributed by atoms with Crippen molar-refractivity contribution in [1.82, 2.24) is 15.2 Å². The van der Waals surface area contributed by atoms with Crippen molar-refractivity contribution in [3.8, 4) is 5.75 Å². The highest BCUT2D eigenvalue weighted by Gasteiger charge is 2.21. The van der Waals surface area contributed by atoms with Gasteiger partial charge in [0.1, 0.15) is 5.75 Å². The van der Waals surface area contributed by atoms with Crippen LogP contribution < -0.4 is 16.0 Å². The molecule has 20 heavy (non-hydrogen) atoms. The molecule has 5 nitrogen and oxygen atoms in total. The van der Waals surface area contributed by atoms with Crippen LogP contribution in [0.1, 0.15) is 29.2 Å². The Bertz CT molecular complexity index is 581. The van der Waals surface area contributed by atoms with E-state index in [1.54, 1.807) is 18.4 Å². The normalized spacial score (nSPS) is 12.7. The van der Waals surface area contributed by atoms with Gasteiger partial charge < -0.3 is 4.74 Å². The van der Waals surface area contributed by atoms with Crippen molar-refractivity contribution >= 4 is 27.3 Å². The lowest BCUT2D eigenvalue weighted by molar-refractivity contribution is 0.402. The molecular weight excluding hydrogens is 340 g/mol. The predicted octanol–water partition coefficient (Wildman–Crippen LogP) is 2.56. The third-order valence-electron chi connectivity index (χ3n) is 3.30. The number of rotatable bonds is 6.